The van der Waals surface area contributed by atoms with Crippen molar-refractivity contribution in [2.24, 2.45) is 0 Å². The van der Waals surface area contributed by atoms with Crippen LogP contribution in [0.15, 0.2) is 42.7 Å². The second-order valence-corrected chi connectivity index (χ2v) is 3.63. The van der Waals surface area contributed by atoms with Crippen LogP contribution in [0.25, 0.3) is 0 Å². The van der Waals surface area contributed by atoms with Gasteiger partial charge in [-0.3, -0.25) is 0 Å². The lowest BCUT2D eigenvalue weighted by molar-refractivity contribution is -0.130. The van der Waals surface area contributed by atoms with E-state index in [1.165, 1.54) is 0 Å². The maximum atomic E-state index is 11.3. The van der Waals surface area contributed by atoms with Crippen LogP contribution in [0.1, 0.15) is 12.5 Å². The molecule has 0 atom stereocenters. The molecule has 0 amide bonds. The average molecular weight is 216 g/mol. The van der Waals surface area contributed by atoms with Crippen LogP contribution < -0.4 is 9.47 Å². The highest BCUT2D eigenvalue weighted by atomic mass is 16.5. The fourth-order valence-electron chi connectivity index (χ4n) is 1.38. The molecule has 0 bridgehead atoms. The Morgan fingerprint density at radius 3 is 3.06 bits per heavy atom. The van der Waals surface area contributed by atoms with Gasteiger partial charge in [0.1, 0.15) is 11.5 Å². The van der Waals surface area contributed by atoms with Crippen LogP contribution in [0.2, 0.25) is 0 Å². The largest absolute Gasteiger partial charge is 0.465 e. The molecular formula is C13H12O3. The van der Waals surface area contributed by atoms with Crippen LogP contribution >= 0.6 is 0 Å². The van der Waals surface area contributed by atoms with Gasteiger partial charge in [0, 0.05) is 11.1 Å². The van der Waals surface area contributed by atoms with Crippen LogP contribution in [0, 0.1) is 0 Å². The van der Waals surface area contributed by atoms with Gasteiger partial charge in [0.15, 0.2) is 0 Å². The number of esters is 1. The van der Waals surface area contributed by atoms with Gasteiger partial charge in [-0.05, 0) is 37.6 Å². The lowest BCUT2D eigenvalue weighted by atomic mass is 10.1. The van der Waals surface area contributed by atoms with Gasteiger partial charge < -0.3 is 9.47 Å². The molecule has 0 saturated heterocycles. The third-order valence-corrected chi connectivity index (χ3v) is 2.22. The number of fused-ring (bicyclic) bond motifs is 1. The van der Waals surface area contributed by atoms with E-state index in [0.717, 1.165) is 17.7 Å². The molecule has 0 spiro atoms. The first-order chi connectivity index (χ1) is 7.66. The smallest absolute Gasteiger partial charge is 0.338 e. The van der Waals surface area contributed by atoms with Crippen molar-refractivity contribution in [3.05, 3.63) is 48.3 Å². The van der Waals surface area contributed by atoms with Crippen molar-refractivity contribution in [3.8, 4) is 11.5 Å². The lowest BCUT2D eigenvalue weighted by Crippen LogP contribution is -2.08. The van der Waals surface area contributed by atoms with Crippen molar-refractivity contribution in [3.63, 3.8) is 0 Å². The van der Waals surface area contributed by atoms with Gasteiger partial charge in [-0.1, -0.05) is 6.58 Å². The monoisotopic (exact) mass is 216 g/mol. The molecule has 2 rings (SSSR count). The number of benzene rings is 1. The molecule has 1 aliphatic rings. The van der Waals surface area contributed by atoms with E-state index in [4.69, 9.17) is 9.47 Å². The van der Waals surface area contributed by atoms with Crippen molar-refractivity contribution in [1.82, 2.24) is 0 Å². The summed E-state index contributed by atoms with van der Waals surface area (Å²) in [4.78, 5) is 11.3. The van der Waals surface area contributed by atoms with Crippen molar-refractivity contribution >= 4 is 5.97 Å². The third-order valence-electron chi connectivity index (χ3n) is 2.22. The van der Waals surface area contributed by atoms with Gasteiger partial charge in [0.2, 0.25) is 0 Å². The van der Waals surface area contributed by atoms with Crippen LogP contribution in [-0.2, 0) is 11.2 Å². The van der Waals surface area contributed by atoms with Crippen LogP contribution in [-0.4, -0.2) is 5.97 Å². The summed E-state index contributed by atoms with van der Waals surface area (Å²) in [5.41, 5.74) is 1.39. The summed E-state index contributed by atoms with van der Waals surface area (Å²) in [5.74, 6) is 0.912. The lowest BCUT2D eigenvalue weighted by Gasteiger charge is -2.12. The minimum atomic E-state index is -0.410. The van der Waals surface area contributed by atoms with Gasteiger partial charge in [0.25, 0.3) is 0 Å². The highest BCUT2D eigenvalue weighted by Crippen LogP contribution is 2.27. The summed E-state index contributed by atoms with van der Waals surface area (Å²) in [6, 6.07) is 5.30. The molecular weight excluding hydrogens is 204 g/mol. The molecule has 82 valence electrons. The first-order valence-corrected chi connectivity index (χ1v) is 4.99. The van der Waals surface area contributed by atoms with Gasteiger partial charge in [0.05, 0.1) is 6.26 Å². The van der Waals surface area contributed by atoms with E-state index in [2.05, 4.69) is 6.58 Å². The zero-order valence-electron chi connectivity index (χ0n) is 9.03. The maximum Gasteiger partial charge on any atom is 0.338 e. The minimum absolute atomic E-state index is 0.383. The summed E-state index contributed by atoms with van der Waals surface area (Å²) < 4.78 is 10.4. The van der Waals surface area contributed by atoms with Crippen molar-refractivity contribution in [2.75, 3.05) is 0 Å². The van der Waals surface area contributed by atoms with Crippen LogP contribution in [0.5, 0.6) is 11.5 Å². The summed E-state index contributed by atoms with van der Waals surface area (Å²) in [6.07, 6.45) is 4.35. The van der Waals surface area contributed by atoms with Crippen molar-refractivity contribution in [1.29, 1.82) is 0 Å². The minimum Gasteiger partial charge on any atom is -0.465 e. The Bertz CT molecular complexity index is 472. The van der Waals surface area contributed by atoms with Crippen molar-refractivity contribution < 1.29 is 14.3 Å². The zero-order chi connectivity index (χ0) is 11.5. The predicted octanol–water partition coefficient (Wildman–Crippen LogP) is 2.62. The Labute approximate surface area is 94.0 Å². The fourth-order valence-corrected chi connectivity index (χ4v) is 1.38. The Balaban J connectivity index is 2.19. The van der Waals surface area contributed by atoms with Crippen LogP contribution in [0.4, 0.5) is 0 Å². The van der Waals surface area contributed by atoms with E-state index in [1.54, 1.807) is 31.4 Å². The molecule has 0 radical (unpaired) electrons. The summed E-state index contributed by atoms with van der Waals surface area (Å²) in [5, 5.41) is 0. The van der Waals surface area contributed by atoms with E-state index < -0.39 is 5.97 Å². The number of rotatable bonds is 2. The van der Waals surface area contributed by atoms with E-state index in [-0.39, 0.29) is 0 Å². The number of ether oxygens (including phenoxy) is 2. The van der Waals surface area contributed by atoms with Gasteiger partial charge in [-0.25, -0.2) is 4.79 Å². The quantitative estimate of drug-likeness (QED) is 0.433. The SMILES string of the molecule is C=C(C)C(=O)Oc1ccc2c(c1)CC=CO2. The number of carbonyl (C=O) groups excluding carboxylic acids is 1. The topological polar surface area (TPSA) is 35.5 Å². The van der Waals surface area contributed by atoms with E-state index in [9.17, 15) is 4.79 Å². The zero-order valence-corrected chi connectivity index (χ0v) is 9.03. The molecule has 1 heterocycles. The Morgan fingerprint density at radius 1 is 1.50 bits per heavy atom. The Kier molecular flexibility index (Phi) is 2.77. The Morgan fingerprint density at radius 2 is 2.31 bits per heavy atom. The average Bonchev–Trinajstić information content (AvgIpc) is 2.28. The molecule has 3 nitrogen and oxygen atoms in total. The van der Waals surface area contributed by atoms with Gasteiger partial charge in [-0.2, -0.15) is 0 Å². The number of hydrogen-bond acceptors (Lipinski definition) is 3. The molecule has 0 aliphatic carbocycles. The predicted molar refractivity (Wildman–Crippen MR) is 60.4 cm³/mol. The maximum absolute atomic E-state index is 11.3. The second kappa shape index (κ2) is 4.23. The second-order valence-electron chi connectivity index (χ2n) is 3.63. The summed E-state index contributed by atoms with van der Waals surface area (Å²) >= 11 is 0. The number of allylic oxidation sites excluding steroid dienone is 1. The molecule has 0 fully saturated rings. The Hall–Kier alpha value is -2.03. The molecule has 0 saturated carbocycles. The summed E-state index contributed by atoms with van der Waals surface area (Å²) in [7, 11) is 0. The molecule has 16 heavy (non-hydrogen) atoms. The highest BCUT2D eigenvalue weighted by Gasteiger charge is 2.10. The van der Waals surface area contributed by atoms with Gasteiger partial charge in [-0.15, -0.1) is 0 Å². The summed E-state index contributed by atoms with van der Waals surface area (Å²) in [6.45, 7) is 5.15. The molecule has 1 aromatic rings. The molecule has 0 N–H and O–H groups in total. The van der Waals surface area contributed by atoms with E-state index >= 15 is 0 Å². The first kappa shape index (κ1) is 10.5. The van der Waals surface area contributed by atoms with Crippen LogP contribution in [0.3, 0.4) is 0 Å². The molecule has 0 unspecified atom stereocenters. The first-order valence-electron chi connectivity index (χ1n) is 4.99. The van der Waals surface area contributed by atoms with Crippen molar-refractivity contribution in [2.45, 2.75) is 13.3 Å². The molecule has 1 aromatic carbocycles. The van der Waals surface area contributed by atoms with E-state index in [1.807, 2.05) is 6.08 Å². The van der Waals surface area contributed by atoms with Gasteiger partial charge >= 0.3 is 5.97 Å². The highest BCUT2D eigenvalue weighted by molar-refractivity contribution is 5.88. The molecule has 3 heteroatoms. The fraction of sp³-hybridized carbons (Fsp3) is 0.154. The van der Waals surface area contributed by atoms with E-state index in [0.29, 0.717) is 11.3 Å². The standard InChI is InChI=1S/C13H12O3/c1-9(2)13(14)16-11-5-6-12-10(8-11)4-3-7-15-12/h3,5-8H,1,4H2,2H3. The molecule has 0 aromatic heterocycles. The molecule has 1 aliphatic heterocycles. The number of carbonyl (C=O) groups is 1. The number of hydrogen-bond donors (Lipinski definition) is 0. The normalized spacial score (nSPS) is 12.6. The third kappa shape index (κ3) is 2.14.